The average Bonchev–Trinajstić information content (AvgIpc) is 2.57. The van der Waals surface area contributed by atoms with Crippen LogP contribution in [0.3, 0.4) is 0 Å². The van der Waals surface area contributed by atoms with Crippen molar-refractivity contribution >= 4 is 15.9 Å². The summed E-state index contributed by atoms with van der Waals surface area (Å²) in [6.45, 7) is 0. The molecule has 6 rings (SSSR count). The van der Waals surface area contributed by atoms with Crippen LogP contribution in [0.5, 0.6) is 11.5 Å². The van der Waals surface area contributed by atoms with Gasteiger partial charge in [0.1, 0.15) is 11.5 Å². The third-order valence-electron chi connectivity index (χ3n) is 6.54. The molecule has 2 aromatic rings. The third kappa shape index (κ3) is 2.69. The summed E-state index contributed by atoms with van der Waals surface area (Å²) in [6, 6.07) is 17.0. The van der Waals surface area contributed by atoms with E-state index < -0.39 is 0 Å². The minimum Gasteiger partial charge on any atom is -0.457 e. The lowest BCUT2D eigenvalue weighted by atomic mass is 9.51. The van der Waals surface area contributed by atoms with Gasteiger partial charge in [-0.3, -0.25) is 0 Å². The van der Waals surface area contributed by atoms with Crippen LogP contribution in [0.2, 0.25) is 0 Å². The predicted octanol–water partition coefficient (Wildman–Crippen LogP) is 6.78. The van der Waals surface area contributed by atoms with Crippen molar-refractivity contribution in [1.29, 1.82) is 0 Å². The Labute approximate surface area is 152 Å². The number of hydrogen-bond donors (Lipinski definition) is 0. The first-order chi connectivity index (χ1) is 11.7. The molecule has 0 heterocycles. The highest BCUT2D eigenvalue weighted by molar-refractivity contribution is 9.10. The van der Waals surface area contributed by atoms with E-state index in [1.807, 2.05) is 24.3 Å². The number of ether oxygens (including phenoxy) is 1. The number of benzene rings is 2. The van der Waals surface area contributed by atoms with Crippen LogP contribution in [0, 0.1) is 23.7 Å². The summed E-state index contributed by atoms with van der Waals surface area (Å²) >= 11 is 3.46. The molecular weight excluding hydrogens is 360 g/mol. The van der Waals surface area contributed by atoms with Crippen molar-refractivity contribution in [3.8, 4) is 11.5 Å². The second-order valence-electron chi connectivity index (χ2n) is 8.08. The van der Waals surface area contributed by atoms with Gasteiger partial charge in [0.2, 0.25) is 0 Å². The van der Waals surface area contributed by atoms with Gasteiger partial charge >= 0.3 is 0 Å². The molecule has 4 bridgehead atoms. The van der Waals surface area contributed by atoms with Crippen molar-refractivity contribution in [2.75, 3.05) is 0 Å². The molecule has 2 heteroatoms. The molecule has 1 nitrogen and oxygen atoms in total. The van der Waals surface area contributed by atoms with Gasteiger partial charge in [0.15, 0.2) is 0 Å². The first-order valence-electron chi connectivity index (χ1n) is 9.28. The molecule has 2 aromatic carbocycles. The SMILES string of the molecule is Brc1ccc(Oc2ccc(C3C4CC5CC(C4)CC3C5)cc2)cc1. The molecule has 0 unspecified atom stereocenters. The maximum absolute atomic E-state index is 5.97. The lowest BCUT2D eigenvalue weighted by Crippen LogP contribution is -2.43. The van der Waals surface area contributed by atoms with Crippen LogP contribution in [-0.2, 0) is 0 Å². The second kappa shape index (κ2) is 5.91. The van der Waals surface area contributed by atoms with Crippen LogP contribution >= 0.6 is 15.9 Å². The van der Waals surface area contributed by atoms with Crippen molar-refractivity contribution < 1.29 is 4.74 Å². The Kier molecular flexibility index (Phi) is 3.70. The fourth-order valence-electron chi connectivity index (χ4n) is 5.87. The highest BCUT2D eigenvalue weighted by atomic mass is 79.9. The fourth-order valence-corrected chi connectivity index (χ4v) is 6.13. The van der Waals surface area contributed by atoms with Crippen molar-refractivity contribution in [1.82, 2.24) is 0 Å². The number of hydrogen-bond acceptors (Lipinski definition) is 1. The molecule has 4 fully saturated rings. The van der Waals surface area contributed by atoms with Crippen LogP contribution in [0.4, 0.5) is 0 Å². The van der Waals surface area contributed by atoms with E-state index in [0.717, 1.165) is 45.6 Å². The third-order valence-corrected chi connectivity index (χ3v) is 7.07. The van der Waals surface area contributed by atoms with Crippen molar-refractivity contribution in [2.24, 2.45) is 23.7 Å². The summed E-state index contributed by atoms with van der Waals surface area (Å²) in [5, 5.41) is 0. The van der Waals surface area contributed by atoms with Gasteiger partial charge in [-0.2, -0.15) is 0 Å². The Hall–Kier alpha value is -1.28. The highest BCUT2D eigenvalue weighted by Crippen LogP contribution is 2.59. The summed E-state index contributed by atoms with van der Waals surface area (Å²) in [5.74, 6) is 6.61. The molecule has 0 saturated heterocycles. The maximum atomic E-state index is 5.97. The number of rotatable bonds is 3. The van der Waals surface area contributed by atoms with Crippen molar-refractivity contribution in [3.63, 3.8) is 0 Å². The molecule has 0 spiro atoms. The highest BCUT2D eigenvalue weighted by Gasteiger charge is 2.48. The quantitative estimate of drug-likeness (QED) is 0.568. The number of halogens is 1. The molecule has 0 aliphatic heterocycles. The van der Waals surface area contributed by atoms with E-state index in [1.54, 1.807) is 5.56 Å². The van der Waals surface area contributed by atoms with E-state index in [4.69, 9.17) is 4.74 Å². The molecule has 0 radical (unpaired) electrons. The molecule has 0 atom stereocenters. The zero-order chi connectivity index (χ0) is 16.1. The molecule has 24 heavy (non-hydrogen) atoms. The Balaban J connectivity index is 1.34. The maximum Gasteiger partial charge on any atom is 0.127 e. The van der Waals surface area contributed by atoms with Crippen LogP contribution in [0.25, 0.3) is 0 Å². The van der Waals surface area contributed by atoms with Gasteiger partial charge in [0, 0.05) is 4.47 Å². The molecule has 4 aliphatic rings. The monoisotopic (exact) mass is 382 g/mol. The lowest BCUT2D eigenvalue weighted by molar-refractivity contribution is -0.00278. The minimum atomic E-state index is 0.805. The standard InChI is InChI=1S/C22H23BrO/c23-19-3-7-21(8-4-19)24-20-5-1-16(2-6-20)22-17-10-14-9-15(12-17)13-18(22)11-14/h1-8,14-15,17-18,22H,9-13H2. The van der Waals surface area contributed by atoms with E-state index >= 15 is 0 Å². The summed E-state index contributed by atoms with van der Waals surface area (Å²) < 4.78 is 7.05. The predicted molar refractivity (Wildman–Crippen MR) is 100 cm³/mol. The van der Waals surface area contributed by atoms with Gasteiger partial charge < -0.3 is 4.74 Å². The molecule has 0 amide bonds. The molecular formula is C22H23BrO. The van der Waals surface area contributed by atoms with Gasteiger partial charge in [0.05, 0.1) is 0 Å². The molecule has 4 aliphatic carbocycles. The Morgan fingerprint density at radius 2 is 1.17 bits per heavy atom. The molecule has 0 N–H and O–H groups in total. The van der Waals surface area contributed by atoms with Crippen molar-refractivity contribution in [2.45, 2.75) is 38.0 Å². The summed E-state index contributed by atoms with van der Waals surface area (Å²) in [6.07, 6.45) is 7.45. The van der Waals surface area contributed by atoms with E-state index in [-0.39, 0.29) is 0 Å². The summed E-state index contributed by atoms with van der Waals surface area (Å²) in [5.41, 5.74) is 1.55. The lowest BCUT2D eigenvalue weighted by Gasteiger charge is -2.54. The first kappa shape index (κ1) is 15.0. The largest absolute Gasteiger partial charge is 0.457 e. The van der Waals surface area contributed by atoms with Gasteiger partial charge in [-0.15, -0.1) is 0 Å². The van der Waals surface area contributed by atoms with Gasteiger partial charge in [0.25, 0.3) is 0 Å². The Morgan fingerprint density at radius 1 is 0.667 bits per heavy atom. The minimum absolute atomic E-state index is 0.805. The van der Waals surface area contributed by atoms with E-state index in [0.29, 0.717) is 0 Å². The normalized spacial score (nSPS) is 33.6. The first-order valence-corrected chi connectivity index (χ1v) is 10.1. The van der Waals surface area contributed by atoms with E-state index in [1.165, 1.54) is 32.1 Å². The Morgan fingerprint density at radius 3 is 1.71 bits per heavy atom. The van der Waals surface area contributed by atoms with Crippen LogP contribution in [0.1, 0.15) is 43.6 Å². The van der Waals surface area contributed by atoms with Crippen LogP contribution in [0.15, 0.2) is 53.0 Å². The van der Waals surface area contributed by atoms with Gasteiger partial charge in [-0.1, -0.05) is 28.1 Å². The zero-order valence-electron chi connectivity index (χ0n) is 13.8. The Bertz CT molecular complexity index is 691. The summed E-state index contributed by atoms with van der Waals surface area (Å²) in [7, 11) is 0. The molecule has 124 valence electrons. The van der Waals surface area contributed by atoms with Gasteiger partial charge in [-0.05, 0) is 104 Å². The van der Waals surface area contributed by atoms with Crippen LogP contribution < -0.4 is 4.74 Å². The van der Waals surface area contributed by atoms with Crippen LogP contribution in [-0.4, -0.2) is 0 Å². The summed E-state index contributed by atoms with van der Waals surface area (Å²) in [4.78, 5) is 0. The van der Waals surface area contributed by atoms with E-state index in [2.05, 4.69) is 40.2 Å². The molecule has 4 saturated carbocycles. The average molecular weight is 383 g/mol. The fraction of sp³-hybridized carbons (Fsp3) is 0.455. The van der Waals surface area contributed by atoms with Crippen molar-refractivity contribution in [3.05, 3.63) is 58.6 Å². The topological polar surface area (TPSA) is 9.23 Å². The molecule has 0 aromatic heterocycles. The van der Waals surface area contributed by atoms with E-state index in [9.17, 15) is 0 Å². The van der Waals surface area contributed by atoms with Gasteiger partial charge in [-0.25, -0.2) is 0 Å². The zero-order valence-corrected chi connectivity index (χ0v) is 15.4. The smallest absolute Gasteiger partial charge is 0.127 e. The second-order valence-corrected chi connectivity index (χ2v) is 9.00.